The molecule has 110 valence electrons. The second-order valence-electron chi connectivity index (χ2n) is 4.14. The van der Waals surface area contributed by atoms with Crippen molar-refractivity contribution >= 4 is 28.5 Å². The van der Waals surface area contributed by atoms with Crippen LogP contribution in [0, 0.1) is 0 Å². The Morgan fingerprint density at radius 3 is 2.62 bits per heavy atom. The molecule has 0 unspecified atom stereocenters. The summed E-state index contributed by atoms with van der Waals surface area (Å²) in [5.74, 6) is -1.10. The second-order valence-corrected chi connectivity index (χ2v) is 5.22. The average molecular weight is 306 g/mol. The number of hydrogen-bond donors (Lipinski definition) is 2. The van der Waals surface area contributed by atoms with Crippen molar-refractivity contribution in [2.45, 2.75) is 20.0 Å². The number of thiazole rings is 1. The maximum atomic E-state index is 11.7. The molecule has 0 atom stereocenters. The highest BCUT2D eigenvalue weighted by Crippen LogP contribution is 2.23. The van der Waals surface area contributed by atoms with Crippen LogP contribution in [-0.4, -0.2) is 22.2 Å². The van der Waals surface area contributed by atoms with Gasteiger partial charge in [0, 0.05) is 4.88 Å². The Bertz CT molecular complexity index is 640. The smallest absolute Gasteiger partial charge is 0.413 e. The fourth-order valence-corrected chi connectivity index (χ4v) is 2.54. The number of carboxylic acid groups (broad SMARTS) is 1. The summed E-state index contributed by atoms with van der Waals surface area (Å²) < 4.78 is 5.04. The first kappa shape index (κ1) is 15.0. The lowest BCUT2D eigenvalue weighted by Gasteiger charge is -2.04. The molecule has 0 fully saturated rings. The topological polar surface area (TPSA) is 88.5 Å². The van der Waals surface area contributed by atoms with Crippen molar-refractivity contribution < 1.29 is 19.4 Å². The largest absolute Gasteiger partial charge is 0.476 e. The SMILES string of the molecule is CCc1sc(NC(=O)OCc2ccccc2)nc1C(=O)O. The first-order valence-corrected chi connectivity index (χ1v) is 7.12. The van der Waals surface area contributed by atoms with Gasteiger partial charge in [0.15, 0.2) is 10.8 Å². The lowest BCUT2D eigenvalue weighted by atomic mass is 10.2. The van der Waals surface area contributed by atoms with Gasteiger partial charge in [-0.25, -0.2) is 14.6 Å². The van der Waals surface area contributed by atoms with Crippen LogP contribution in [0.25, 0.3) is 0 Å². The quantitative estimate of drug-likeness (QED) is 0.885. The third kappa shape index (κ3) is 4.03. The van der Waals surface area contributed by atoms with E-state index in [-0.39, 0.29) is 17.4 Å². The maximum Gasteiger partial charge on any atom is 0.413 e. The van der Waals surface area contributed by atoms with Crippen molar-refractivity contribution in [1.82, 2.24) is 4.98 Å². The number of anilines is 1. The van der Waals surface area contributed by atoms with Gasteiger partial charge in [-0.1, -0.05) is 37.3 Å². The van der Waals surface area contributed by atoms with E-state index in [1.165, 1.54) is 0 Å². The van der Waals surface area contributed by atoms with Gasteiger partial charge >= 0.3 is 12.1 Å². The summed E-state index contributed by atoms with van der Waals surface area (Å²) in [4.78, 5) is 27.1. The molecule has 0 saturated carbocycles. The summed E-state index contributed by atoms with van der Waals surface area (Å²) in [5.41, 5.74) is 0.841. The third-order valence-corrected chi connectivity index (χ3v) is 3.76. The zero-order chi connectivity index (χ0) is 15.2. The predicted octanol–water partition coefficient (Wildman–Crippen LogP) is 3.15. The molecule has 7 heteroatoms. The number of benzene rings is 1. The van der Waals surface area contributed by atoms with Crippen LogP contribution in [0.15, 0.2) is 30.3 Å². The van der Waals surface area contributed by atoms with E-state index >= 15 is 0 Å². The van der Waals surface area contributed by atoms with Crippen LogP contribution in [0.1, 0.15) is 27.9 Å². The molecule has 1 aromatic heterocycles. The van der Waals surface area contributed by atoms with Crippen molar-refractivity contribution in [3.05, 3.63) is 46.5 Å². The molecule has 0 aliphatic carbocycles. The number of nitrogens with one attached hydrogen (secondary N) is 1. The Balaban J connectivity index is 1.95. The molecule has 0 spiro atoms. The third-order valence-electron chi connectivity index (χ3n) is 2.64. The highest BCUT2D eigenvalue weighted by Gasteiger charge is 2.17. The molecular formula is C14H14N2O4S. The van der Waals surface area contributed by atoms with Crippen LogP contribution in [0.2, 0.25) is 0 Å². The van der Waals surface area contributed by atoms with Gasteiger partial charge in [0.25, 0.3) is 0 Å². The van der Waals surface area contributed by atoms with E-state index in [2.05, 4.69) is 10.3 Å². The summed E-state index contributed by atoms with van der Waals surface area (Å²) in [6.07, 6.45) is -0.118. The summed E-state index contributed by atoms with van der Waals surface area (Å²) in [6, 6.07) is 9.26. The van der Waals surface area contributed by atoms with Crippen molar-refractivity contribution in [2.75, 3.05) is 5.32 Å². The molecule has 0 aliphatic heterocycles. The molecule has 21 heavy (non-hydrogen) atoms. The van der Waals surface area contributed by atoms with Crippen LogP contribution >= 0.6 is 11.3 Å². The average Bonchev–Trinajstić information content (AvgIpc) is 2.89. The molecule has 0 saturated heterocycles. The van der Waals surface area contributed by atoms with Gasteiger partial charge in [0.1, 0.15) is 6.61 Å². The molecule has 0 aliphatic rings. The van der Waals surface area contributed by atoms with E-state index in [4.69, 9.17) is 9.84 Å². The Morgan fingerprint density at radius 2 is 2.05 bits per heavy atom. The zero-order valence-electron chi connectivity index (χ0n) is 11.3. The van der Waals surface area contributed by atoms with E-state index in [9.17, 15) is 9.59 Å². The molecule has 2 N–H and O–H groups in total. The van der Waals surface area contributed by atoms with Crippen LogP contribution in [0.4, 0.5) is 9.93 Å². The standard InChI is InChI=1S/C14H14N2O4S/c1-2-10-11(12(17)18)15-13(21-10)16-14(19)20-8-9-6-4-3-5-7-9/h3-7H,2,8H2,1H3,(H,17,18)(H,15,16,19). The number of aryl methyl sites for hydroxylation is 1. The molecule has 6 nitrogen and oxygen atoms in total. The van der Waals surface area contributed by atoms with Gasteiger partial charge in [0.2, 0.25) is 0 Å². The first-order chi connectivity index (χ1) is 10.1. The molecule has 1 aromatic carbocycles. The number of aromatic nitrogens is 1. The highest BCUT2D eigenvalue weighted by atomic mass is 32.1. The van der Waals surface area contributed by atoms with Gasteiger partial charge in [-0.15, -0.1) is 11.3 Å². The minimum Gasteiger partial charge on any atom is -0.476 e. The van der Waals surface area contributed by atoms with E-state index in [0.717, 1.165) is 16.9 Å². The lowest BCUT2D eigenvalue weighted by Crippen LogP contribution is -2.13. The molecule has 1 heterocycles. The Morgan fingerprint density at radius 1 is 1.33 bits per heavy atom. The molecule has 2 aromatic rings. The lowest BCUT2D eigenvalue weighted by molar-refractivity contribution is 0.0690. The Kier molecular flexibility index (Phi) is 4.89. The number of hydrogen-bond acceptors (Lipinski definition) is 5. The van der Waals surface area contributed by atoms with Crippen LogP contribution in [0.3, 0.4) is 0 Å². The normalized spacial score (nSPS) is 10.1. The number of nitrogens with zero attached hydrogens (tertiary/aromatic N) is 1. The summed E-state index contributed by atoms with van der Waals surface area (Å²) >= 11 is 1.13. The molecule has 0 bridgehead atoms. The Hall–Kier alpha value is -2.41. The van der Waals surface area contributed by atoms with Crippen molar-refractivity contribution in [1.29, 1.82) is 0 Å². The van der Waals surface area contributed by atoms with E-state index in [1.807, 2.05) is 37.3 Å². The van der Waals surface area contributed by atoms with Crippen LogP contribution < -0.4 is 5.32 Å². The van der Waals surface area contributed by atoms with Crippen LogP contribution in [-0.2, 0) is 17.8 Å². The zero-order valence-corrected chi connectivity index (χ0v) is 12.1. The minimum atomic E-state index is -1.10. The predicted molar refractivity (Wildman–Crippen MR) is 78.7 cm³/mol. The summed E-state index contributed by atoms with van der Waals surface area (Å²) in [6.45, 7) is 1.97. The molecule has 1 amide bonds. The second kappa shape index (κ2) is 6.85. The van der Waals surface area contributed by atoms with Crippen molar-refractivity contribution in [2.24, 2.45) is 0 Å². The number of ether oxygens (including phenoxy) is 1. The minimum absolute atomic E-state index is 0.0270. The van der Waals surface area contributed by atoms with E-state index in [1.54, 1.807) is 0 Å². The van der Waals surface area contributed by atoms with Gasteiger partial charge in [-0.3, -0.25) is 5.32 Å². The van der Waals surface area contributed by atoms with Crippen LogP contribution in [0.5, 0.6) is 0 Å². The fraction of sp³-hybridized carbons (Fsp3) is 0.214. The number of aromatic carboxylic acids is 1. The van der Waals surface area contributed by atoms with Gasteiger partial charge in [-0.2, -0.15) is 0 Å². The van der Waals surface area contributed by atoms with Gasteiger partial charge < -0.3 is 9.84 Å². The van der Waals surface area contributed by atoms with Gasteiger partial charge in [0.05, 0.1) is 0 Å². The number of carboxylic acids is 1. The Labute approximate surface area is 125 Å². The molecular weight excluding hydrogens is 292 g/mol. The highest BCUT2D eigenvalue weighted by molar-refractivity contribution is 7.16. The van der Waals surface area contributed by atoms with Crippen molar-refractivity contribution in [3.8, 4) is 0 Å². The first-order valence-electron chi connectivity index (χ1n) is 6.31. The number of amides is 1. The maximum absolute atomic E-state index is 11.7. The molecule has 0 radical (unpaired) electrons. The van der Waals surface area contributed by atoms with Gasteiger partial charge in [-0.05, 0) is 12.0 Å². The number of rotatable bonds is 5. The number of carbonyl (C=O) groups excluding carboxylic acids is 1. The van der Waals surface area contributed by atoms with Crippen molar-refractivity contribution in [3.63, 3.8) is 0 Å². The van der Waals surface area contributed by atoms with E-state index in [0.29, 0.717) is 11.3 Å². The summed E-state index contributed by atoms with van der Waals surface area (Å²) in [7, 11) is 0. The molecule has 2 rings (SSSR count). The fourth-order valence-electron chi connectivity index (χ4n) is 1.66. The monoisotopic (exact) mass is 306 g/mol. The van der Waals surface area contributed by atoms with E-state index < -0.39 is 12.1 Å². The number of carbonyl (C=O) groups is 2. The summed E-state index contributed by atoms with van der Waals surface area (Å²) in [5, 5.41) is 11.7.